The SMILES string of the molecule is O=[N+]([O-])c1ccc(C=Cc2ccc(C=Cc3ccccc3)cc2S(=O)(=O)O)c(S(=O)(=O)O)c1. The van der Waals surface area contributed by atoms with Gasteiger partial charge in [-0.1, -0.05) is 66.8 Å². The third-order valence-electron chi connectivity index (χ3n) is 4.51. The second-order valence-electron chi connectivity index (χ2n) is 6.80. The molecule has 0 bridgehead atoms. The van der Waals surface area contributed by atoms with Crippen LogP contribution in [0.1, 0.15) is 22.3 Å². The lowest BCUT2D eigenvalue weighted by Gasteiger charge is -2.06. The van der Waals surface area contributed by atoms with Gasteiger partial charge in [-0.15, -0.1) is 0 Å². The zero-order chi connectivity index (χ0) is 24.2. The zero-order valence-electron chi connectivity index (χ0n) is 16.8. The highest BCUT2D eigenvalue weighted by Crippen LogP contribution is 2.26. The third-order valence-corrected chi connectivity index (χ3v) is 6.33. The van der Waals surface area contributed by atoms with Crippen LogP contribution < -0.4 is 0 Å². The topological polar surface area (TPSA) is 152 Å². The van der Waals surface area contributed by atoms with Gasteiger partial charge in [-0.3, -0.25) is 19.2 Å². The van der Waals surface area contributed by atoms with Gasteiger partial charge in [0, 0.05) is 12.1 Å². The maximum Gasteiger partial charge on any atom is 0.295 e. The molecule has 11 heteroatoms. The zero-order valence-corrected chi connectivity index (χ0v) is 18.4. The van der Waals surface area contributed by atoms with Gasteiger partial charge in [0.25, 0.3) is 25.9 Å². The summed E-state index contributed by atoms with van der Waals surface area (Å²) in [6, 6.07) is 16.3. The number of non-ortho nitro benzene ring substituents is 1. The van der Waals surface area contributed by atoms with Gasteiger partial charge in [0.15, 0.2) is 0 Å². The predicted octanol–water partition coefficient (Wildman–Crippen LogP) is 4.43. The van der Waals surface area contributed by atoms with E-state index >= 15 is 0 Å². The van der Waals surface area contributed by atoms with Gasteiger partial charge in [0.05, 0.1) is 4.92 Å². The summed E-state index contributed by atoms with van der Waals surface area (Å²) < 4.78 is 66.2. The molecule has 9 nitrogen and oxygen atoms in total. The lowest BCUT2D eigenvalue weighted by Crippen LogP contribution is -2.03. The Bertz CT molecular complexity index is 1480. The van der Waals surface area contributed by atoms with Gasteiger partial charge in [-0.25, -0.2) is 0 Å². The Labute approximate surface area is 190 Å². The summed E-state index contributed by atoms with van der Waals surface area (Å²) >= 11 is 0. The molecular weight excluding hydrogens is 470 g/mol. The fourth-order valence-corrected chi connectivity index (χ4v) is 4.37. The molecule has 2 N–H and O–H groups in total. The Hall–Kier alpha value is -3.64. The molecule has 0 aliphatic carbocycles. The Morgan fingerprint density at radius 1 is 0.667 bits per heavy atom. The second kappa shape index (κ2) is 9.46. The number of nitro benzene ring substituents is 1. The third kappa shape index (κ3) is 6.20. The largest absolute Gasteiger partial charge is 0.295 e. The van der Waals surface area contributed by atoms with E-state index < -0.39 is 40.6 Å². The van der Waals surface area contributed by atoms with Crippen molar-refractivity contribution in [3.8, 4) is 0 Å². The van der Waals surface area contributed by atoms with Crippen LogP contribution in [0, 0.1) is 10.1 Å². The molecule has 3 aromatic rings. The summed E-state index contributed by atoms with van der Waals surface area (Å²) in [6.45, 7) is 0. The van der Waals surface area contributed by atoms with E-state index in [-0.39, 0.29) is 11.1 Å². The van der Waals surface area contributed by atoms with Crippen LogP contribution in [0.25, 0.3) is 24.3 Å². The van der Waals surface area contributed by atoms with E-state index in [0.717, 1.165) is 23.8 Å². The standard InChI is InChI=1S/C22H17NO8S2/c24-23(25)20-13-12-19(22(15-20)33(29,30)31)11-10-18-9-8-17(14-21(18)32(26,27)28)7-6-16-4-2-1-3-5-16/h1-15H,(H,26,27,28)(H,29,30,31). The minimum Gasteiger partial charge on any atom is -0.282 e. The molecule has 0 unspecified atom stereocenters. The number of nitro groups is 1. The predicted molar refractivity (Wildman–Crippen MR) is 123 cm³/mol. The van der Waals surface area contributed by atoms with Crippen molar-refractivity contribution in [2.24, 2.45) is 0 Å². The highest BCUT2D eigenvalue weighted by atomic mass is 32.2. The van der Waals surface area contributed by atoms with Crippen LogP contribution in [0.5, 0.6) is 0 Å². The average molecular weight is 488 g/mol. The lowest BCUT2D eigenvalue weighted by molar-refractivity contribution is -0.385. The maximum atomic E-state index is 11.9. The Morgan fingerprint density at radius 3 is 1.73 bits per heavy atom. The van der Waals surface area contributed by atoms with Gasteiger partial charge < -0.3 is 0 Å². The van der Waals surface area contributed by atoms with Crippen LogP contribution in [-0.2, 0) is 20.2 Å². The van der Waals surface area contributed by atoms with E-state index in [2.05, 4.69) is 0 Å². The number of benzene rings is 3. The van der Waals surface area contributed by atoms with Gasteiger partial charge in [-0.05, 0) is 34.4 Å². The van der Waals surface area contributed by atoms with E-state index in [1.54, 1.807) is 18.2 Å². The monoisotopic (exact) mass is 487 g/mol. The first-order valence-corrected chi connectivity index (χ1v) is 12.1. The molecule has 0 heterocycles. The van der Waals surface area contributed by atoms with Gasteiger partial charge in [0.1, 0.15) is 9.79 Å². The first-order chi connectivity index (χ1) is 15.4. The van der Waals surface area contributed by atoms with E-state index in [1.807, 2.05) is 30.3 Å². The minimum absolute atomic E-state index is 0.0361. The van der Waals surface area contributed by atoms with E-state index in [4.69, 9.17) is 0 Å². The van der Waals surface area contributed by atoms with Crippen molar-refractivity contribution in [3.63, 3.8) is 0 Å². The lowest BCUT2D eigenvalue weighted by atomic mass is 10.1. The van der Waals surface area contributed by atoms with Gasteiger partial charge in [-0.2, -0.15) is 16.8 Å². The summed E-state index contributed by atoms with van der Waals surface area (Å²) in [5.41, 5.74) is 0.739. The average Bonchev–Trinajstić information content (AvgIpc) is 2.75. The fraction of sp³-hybridized carbons (Fsp3) is 0. The van der Waals surface area contributed by atoms with Crippen molar-refractivity contribution in [3.05, 3.63) is 99.1 Å². The van der Waals surface area contributed by atoms with Crippen LogP contribution in [-0.4, -0.2) is 30.9 Å². The van der Waals surface area contributed by atoms with Crippen molar-refractivity contribution in [2.75, 3.05) is 0 Å². The van der Waals surface area contributed by atoms with Crippen molar-refractivity contribution in [1.29, 1.82) is 0 Å². The molecule has 0 aliphatic rings. The van der Waals surface area contributed by atoms with Crippen molar-refractivity contribution >= 4 is 50.2 Å². The quantitative estimate of drug-likeness (QED) is 0.215. The number of rotatable bonds is 7. The normalized spacial score (nSPS) is 12.4. The van der Waals surface area contributed by atoms with Crippen molar-refractivity contribution in [2.45, 2.75) is 9.79 Å². The molecule has 0 atom stereocenters. The first-order valence-electron chi connectivity index (χ1n) is 9.24. The molecular formula is C22H17NO8S2. The van der Waals surface area contributed by atoms with Crippen LogP contribution in [0.15, 0.2) is 76.5 Å². The molecule has 33 heavy (non-hydrogen) atoms. The highest BCUT2D eigenvalue weighted by Gasteiger charge is 2.19. The summed E-state index contributed by atoms with van der Waals surface area (Å²) in [6.07, 6.45) is 5.79. The molecule has 0 aromatic heterocycles. The van der Waals surface area contributed by atoms with Crippen LogP contribution in [0.3, 0.4) is 0 Å². The summed E-state index contributed by atoms with van der Waals surface area (Å²) in [4.78, 5) is 8.95. The van der Waals surface area contributed by atoms with E-state index in [9.17, 15) is 36.1 Å². The summed E-state index contributed by atoms with van der Waals surface area (Å²) in [5.74, 6) is 0. The van der Waals surface area contributed by atoms with Crippen LogP contribution in [0.2, 0.25) is 0 Å². The maximum absolute atomic E-state index is 11.9. The van der Waals surface area contributed by atoms with Crippen molar-refractivity contribution in [1.82, 2.24) is 0 Å². The Morgan fingerprint density at radius 2 is 1.18 bits per heavy atom. The molecule has 0 spiro atoms. The summed E-state index contributed by atoms with van der Waals surface area (Å²) in [5, 5.41) is 10.9. The molecule has 0 fully saturated rings. The molecule has 0 saturated carbocycles. The Kier molecular flexibility index (Phi) is 6.89. The van der Waals surface area contributed by atoms with E-state index in [1.165, 1.54) is 18.2 Å². The van der Waals surface area contributed by atoms with Crippen LogP contribution in [0.4, 0.5) is 5.69 Å². The molecule has 0 aliphatic heterocycles. The number of nitrogens with zero attached hydrogens (tertiary/aromatic N) is 1. The van der Waals surface area contributed by atoms with Crippen LogP contribution >= 0.6 is 0 Å². The van der Waals surface area contributed by atoms with Crippen molar-refractivity contribution < 1.29 is 30.9 Å². The van der Waals surface area contributed by atoms with Gasteiger partial charge in [0.2, 0.25) is 0 Å². The summed E-state index contributed by atoms with van der Waals surface area (Å²) in [7, 11) is -9.45. The second-order valence-corrected chi connectivity index (χ2v) is 9.58. The molecule has 0 radical (unpaired) electrons. The molecule has 3 rings (SSSR count). The fourth-order valence-electron chi connectivity index (χ4n) is 2.95. The molecule has 170 valence electrons. The number of hydrogen-bond donors (Lipinski definition) is 2. The Balaban J connectivity index is 2.03. The van der Waals surface area contributed by atoms with E-state index in [0.29, 0.717) is 11.6 Å². The highest BCUT2D eigenvalue weighted by molar-refractivity contribution is 7.86. The molecule has 3 aromatic carbocycles. The van der Waals surface area contributed by atoms with Gasteiger partial charge >= 0.3 is 0 Å². The number of hydrogen-bond acceptors (Lipinski definition) is 6. The molecule has 0 saturated heterocycles. The smallest absolute Gasteiger partial charge is 0.282 e. The minimum atomic E-state index is -4.81. The molecule has 0 amide bonds. The first kappa shape index (κ1) is 24.0.